The highest BCUT2D eigenvalue weighted by Crippen LogP contribution is 2.35. The van der Waals surface area contributed by atoms with Crippen molar-refractivity contribution < 1.29 is 0 Å². The number of benzene rings is 1. The number of rotatable bonds is 2. The number of alkyl halides is 1. The summed E-state index contributed by atoms with van der Waals surface area (Å²) in [5.41, 5.74) is 1.06. The number of fused-ring (bicyclic) bond motifs is 1. The third-order valence-corrected chi connectivity index (χ3v) is 5.27. The Labute approximate surface area is 117 Å². The Hall–Kier alpha value is -0.520. The summed E-state index contributed by atoms with van der Waals surface area (Å²) in [5.74, 6) is 0.924. The monoisotopic (exact) mass is 329 g/mol. The number of thioether (sulfide) groups is 1. The topological polar surface area (TPSA) is 30.7 Å². The SMILES string of the molecule is Clc1ccc(-c2nnc3n2C[C@@H](CBr)S3)cc1. The lowest BCUT2D eigenvalue weighted by atomic mass is 10.2. The van der Waals surface area contributed by atoms with Crippen LogP contribution in [0.15, 0.2) is 29.4 Å². The first-order valence-corrected chi connectivity index (χ1v) is 7.57. The molecular weight excluding hydrogens is 322 g/mol. The largest absolute Gasteiger partial charge is 0.301 e. The van der Waals surface area contributed by atoms with Crippen LogP contribution in [0.4, 0.5) is 0 Å². The van der Waals surface area contributed by atoms with Crippen LogP contribution in [0.2, 0.25) is 5.02 Å². The third-order valence-electron chi connectivity index (χ3n) is 2.65. The van der Waals surface area contributed by atoms with E-state index in [0.717, 1.165) is 33.4 Å². The minimum Gasteiger partial charge on any atom is -0.301 e. The van der Waals surface area contributed by atoms with Crippen LogP contribution in [-0.2, 0) is 6.54 Å². The van der Waals surface area contributed by atoms with Crippen molar-refractivity contribution in [1.29, 1.82) is 0 Å². The van der Waals surface area contributed by atoms with Crippen LogP contribution in [-0.4, -0.2) is 25.3 Å². The third kappa shape index (κ3) is 2.11. The van der Waals surface area contributed by atoms with Gasteiger partial charge >= 0.3 is 0 Å². The van der Waals surface area contributed by atoms with E-state index in [1.807, 2.05) is 24.3 Å². The van der Waals surface area contributed by atoms with Crippen LogP contribution in [0.5, 0.6) is 0 Å². The zero-order valence-electron chi connectivity index (χ0n) is 8.81. The summed E-state index contributed by atoms with van der Waals surface area (Å²) in [6.07, 6.45) is 0. The number of hydrogen-bond acceptors (Lipinski definition) is 3. The maximum absolute atomic E-state index is 5.88. The van der Waals surface area contributed by atoms with Crippen LogP contribution in [0, 0.1) is 0 Å². The van der Waals surface area contributed by atoms with Crippen molar-refractivity contribution in [2.24, 2.45) is 0 Å². The van der Waals surface area contributed by atoms with Crippen LogP contribution in [0.1, 0.15) is 0 Å². The van der Waals surface area contributed by atoms with Crippen molar-refractivity contribution in [3.05, 3.63) is 29.3 Å². The summed E-state index contributed by atoms with van der Waals surface area (Å²) < 4.78 is 2.17. The zero-order valence-corrected chi connectivity index (χ0v) is 12.0. The van der Waals surface area contributed by atoms with Gasteiger partial charge in [0.05, 0.1) is 0 Å². The molecule has 2 aromatic rings. The molecule has 1 aromatic heterocycles. The van der Waals surface area contributed by atoms with E-state index in [1.165, 1.54) is 0 Å². The standard InChI is InChI=1S/C11H9BrClN3S/c12-5-9-6-16-10(14-15-11(16)17-9)7-1-3-8(13)4-2-7/h1-4,9H,5-6H2/t9-/m1/s1. The van der Waals surface area contributed by atoms with Crippen molar-refractivity contribution in [1.82, 2.24) is 14.8 Å². The molecule has 0 N–H and O–H groups in total. The maximum atomic E-state index is 5.88. The number of halogens is 2. The van der Waals surface area contributed by atoms with Gasteiger partial charge in [-0.05, 0) is 24.3 Å². The molecule has 1 aliphatic heterocycles. The molecule has 0 saturated carbocycles. The Kier molecular flexibility index (Phi) is 3.15. The Bertz CT molecular complexity index is 540. The summed E-state index contributed by atoms with van der Waals surface area (Å²) >= 11 is 11.2. The predicted molar refractivity (Wildman–Crippen MR) is 73.9 cm³/mol. The zero-order chi connectivity index (χ0) is 11.8. The van der Waals surface area contributed by atoms with Gasteiger partial charge in [0.15, 0.2) is 11.0 Å². The fraction of sp³-hybridized carbons (Fsp3) is 0.273. The van der Waals surface area contributed by atoms with Crippen molar-refractivity contribution in [2.75, 3.05) is 5.33 Å². The second kappa shape index (κ2) is 4.63. The Morgan fingerprint density at radius 1 is 1.35 bits per heavy atom. The lowest BCUT2D eigenvalue weighted by Gasteiger charge is -2.05. The van der Waals surface area contributed by atoms with Gasteiger partial charge < -0.3 is 4.57 Å². The van der Waals surface area contributed by atoms with Crippen LogP contribution in [0.3, 0.4) is 0 Å². The van der Waals surface area contributed by atoms with Crippen LogP contribution >= 0.6 is 39.3 Å². The van der Waals surface area contributed by atoms with Gasteiger partial charge in [0.2, 0.25) is 0 Å². The fourth-order valence-corrected chi connectivity index (χ4v) is 3.51. The van der Waals surface area contributed by atoms with Crippen molar-refractivity contribution in [3.63, 3.8) is 0 Å². The average Bonchev–Trinajstić information content (AvgIpc) is 2.89. The van der Waals surface area contributed by atoms with E-state index in [-0.39, 0.29) is 0 Å². The van der Waals surface area contributed by atoms with E-state index >= 15 is 0 Å². The van der Waals surface area contributed by atoms with Crippen molar-refractivity contribution >= 4 is 39.3 Å². The Morgan fingerprint density at radius 3 is 2.82 bits per heavy atom. The van der Waals surface area contributed by atoms with Gasteiger partial charge in [-0.3, -0.25) is 0 Å². The van der Waals surface area contributed by atoms with Gasteiger partial charge in [-0.15, -0.1) is 10.2 Å². The smallest absolute Gasteiger partial charge is 0.191 e. The molecule has 17 heavy (non-hydrogen) atoms. The minimum atomic E-state index is 0.548. The van der Waals surface area contributed by atoms with E-state index in [0.29, 0.717) is 5.25 Å². The van der Waals surface area contributed by atoms with E-state index in [1.54, 1.807) is 11.8 Å². The molecule has 1 aromatic carbocycles. The molecule has 0 unspecified atom stereocenters. The first-order chi connectivity index (χ1) is 8.28. The first-order valence-electron chi connectivity index (χ1n) is 5.19. The molecule has 6 heteroatoms. The summed E-state index contributed by atoms with van der Waals surface area (Å²) in [4.78, 5) is 0. The summed E-state index contributed by atoms with van der Waals surface area (Å²) in [7, 11) is 0. The van der Waals surface area contributed by atoms with E-state index in [2.05, 4.69) is 30.7 Å². The van der Waals surface area contributed by atoms with Gasteiger partial charge in [-0.1, -0.05) is 39.3 Å². The Morgan fingerprint density at radius 2 is 2.12 bits per heavy atom. The molecule has 0 saturated heterocycles. The molecule has 0 radical (unpaired) electrons. The van der Waals surface area contributed by atoms with Crippen LogP contribution < -0.4 is 0 Å². The van der Waals surface area contributed by atoms with Gasteiger partial charge in [-0.2, -0.15) is 0 Å². The number of nitrogens with zero attached hydrogens (tertiary/aromatic N) is 3. The molecule has 2 heterocycles. The maximum Gasteiger partial charge on any atom is 0.191 e. The lowest BCUT2D eigenvalue weighted by Crippen LogP contribution is -2.07. The van der Waals surface area contributed by atoms with Crippen LogP contribution in [0.25, 0.3) is 11.4 Å². The Balaban J connectivity index is 1.98. The van der Waals surface area contributed by atoms with Crippen molar-refractivity contribution in [3.8, 4) is 11.4 Å². The van der Waals surface area contributed by atoms with Gasteiger partial charge in [0, 0.05) is 27.7 Å². The van der Waals surface area contributed by atoms with E-state index in [9.17, 15) is 0 Å². The number of hydrogen-bond donors (Lipinski definition) is 0. The molecule has 0 amide bonds. The fourth-order valence-electron chi connectivity index (χ4n) is 1.82. The van der Waals surface area contributed by atoms with E-state index in [4.69, 9.17) is 11.6 Å². The van der Waals surface area contributed by atoms with Gasteiger partial charge in [0.1, 0.15) is 0 Å². The first kappa shape index (κ1) is 11.6. The molecular formula is C11H9BrClN3S. The molecule has 0 bridgehead atoms. The van der Waals surface area contributed by atoms with Gasteiger partial charge in [0.25, 0.3) is 0 Å². The molecule has 0 aliphatic carbocycles. The molecule has 0 spiro atoms. The average molecular weight is 331 g/mol. The molecule has 3 nitrogen and oxygen atoms in total. The predicted octanol–water partition coefficient (Wildman–Crippen LogP) is 3.47. The molecule has 0 fully saturated rings. The van der Waals surface area contributed by atoms with Crippen molar-refractivity contribution in [2.45, 2.75) is 17.0 Å². The lowest BCUT2D eigenvalue weighted by molar-refractivity contribution is 0.679. The highest BCUT2D eigenvalue weighted by molar-refractivity contribution is 9.09. The summed E-state index contributed by atoms with van der Waals surface area (Å²) in [6, 6.07) is 7.71. The molecule has 1 atom stereocenters. The molecule has 3 rings (SSSR count). The minimum absolute atomic E-state index is 0.548. The number of aromatic nitrogens is 3. The highest BCUT2D eigenvalue weighted by atomic mass is 79.9. The van der Waals surface area contributed by atoms with Gasteiger partial charge in [-0.25, -0.2) is 0 Å². The van der Waals surface area contributed by atoms with E-state index < -0.39 is 0 Å². The normalized spacial score (nSPS) is 18.4. The highest BCUT2D eigenvalue weighted by Gasteiger charge is 2.26. The molecule has 1 aliphatic rings. The summed E-state index contributed by atoms with van der Waals surface area (Å²) in [6.45, 7) is 0.955. The summed E-state index contributed by atoms with van der Waals surface area (Å²) in [5, 5.41) is 11.7. The molecule has 88 valence electrons. The quantitative estimate of drug-likeness (QED) is 0.790. The second-order valence-electron chi connectivity index (χ2n) is 3.82. The second-order valence-corrected chi connectivity index (χ2v) is 6.17.